The van der Waals surface area contributed by atoms with E-state index in [9.17, 15) is 0 Å². The number of imidazole rings is 1. The van der Waals surface area contributed by atoms with Crippen LogP contribution in [-0.4, -0.2) is 14.1 Å². The van der Waals surface area contributed by atoms with E-state index in [4.69, 9.17) is 9.72 Å². The molecule has 0 atom stereocenters. The molecule has 5 nitrogen and oxygen atoms in total. The van der Waals surface area contributed by atoms with Gasteiger partial charge in [-0.2, -0.15) is 0 Å². The number of rotatable bonds is 5. The van der Waals surface area contributed by atoms with Crippen molar-refractivity contribution in [2.24, 2.45) is 0 Å². The number of benzene rings is 5. The smallest absolute Gasteiger partial charge is 0.269 e. The van der Waals surface area contributed by atoms with Crippen molar-refractivity contribution in [2.75, 3.05) is 0 Å². The van der Waals surface area contributed by atoms with Crippen LogP contribution in [0.3, 0.4) is 0 Å². The molecule has 0 N–H and O–H groups in total. The van der Waals surface area contributed by atoms with Gasteiger partial charge in [-0.1, -0.05) is 129 Å². The molecule has 0 spiro atoms. The van der Waals surface area contributed by atoms with Gasteiger partial charge in [0.15, 0.2) is 0 Å². The maximum atomic E-state index is 6.68. The van der Waals surface area contributed by atoms with Crippen molar-refractivity contribution in [1.29, 1.82) is 0 Å². The number of hydrogen-bond acceptors (Lipinski definition) is 2. The Morgan fingerprint density at radius 3 is 1.92 bits per heavy atom. The Labute approximate surface area is 313 Å². The van der Waals surface area contributed by atoms with Crippen LogP contribution in [0.15, 0.2) is 128 Å². The third-order valence-corrected chi connectivity index (χ3v) is 10.2. The molecular weight excluding hydrogens is 649 g/mol. The van der Waals surface area contributed by atoms with E-state index in [1.165, 1.54) is 27.8 Å². The van der Waals surface area contributed by atoms with Crippen molar-refractivity contribution < 1.29 is 9.30 Å². The second-order valence-corrected chi connectivity index (χ2v) is 17.2. The summed E-state index contributed by atoms with van der Waals surface area (Å²) < 4.78 is 13.4. The number of para-hydroxylation sites is 4. The fourth-order valence-electron chi connectivity index (χ4n) is 7.50. The average molecular weight is 697 g/mol. The van der Waals surface area contributed by atoms with Crippen LogP contribution in [0.5, 0.6) is 11.5 Å². The molecule has 8 rings (SSSR count). The molecule has 0 saturated carbocycles. The van der Waals surface area contributed by atoms with E-state index in [1.54, 1.807) is 0 Å². The molecule has 0 aliphatic carbocycles. The summed E-state index contributed by atoms with van der Waals surface area (Å²) in [5.41, 5.74) is 10.2. The molecule has 0 amide bonds. The van der Waals surface area contributed by atoms with E-state index in [0.29, 0.717) is 0 Å². The van der Waals surface area contributed by atoms with Gasteiger partial charge in [-0.05, 0) is 81.5 Å². The molecular formula is C48H48N4O. The molecule has 0 unspecified atom stereocenters. The highest BCUT2D eigenvalue weighted by molar-refractivity contribution is 6.09. The van der Waals surface area contributed by atoms with Crippen LogP contribution in [-0.2, 0) is 16.2 Å². The molecule has 0 aliphatic heterocycles. The standard InChI is InChI=1S/C48H48N4O/c1-46(2,3)32-26-27-49-44(28-32)52-40-21-11-10-18-36(40)37-25-24-35(30-43(37)52)53-34-17-14-16-33(29-34)50-31-51(42-23-13-12-22-41(42)50)45-38(47(4,5)6)19-15-20-39(45)48(7,8)9/h10-30H,1-9H3. The molecule has 8 aromatic rings. The van der Waals surface area contributed by atoms with Gasteiger partial charge in [0.25, 0.3) is 6.33 Å². The van der Waals surface area contributed by atoms with E-state index in [-0.39, 0.29) is 16.2 Å². The van der Waals surface area contributed by atoms with Gasteiger partial charge in [-0.3, -0.25) is 13.7 Å². The maximum absolute atomic E-state index is 6.68. The molecule has 53 heavy (non-hydrogen) atoms. The fourth-order valence-corrected chi connectivity index (χ4v) is 7.50. The zero-order valence-corrected chi connectivity index (χ0v) is 32.3. The Morgan fingerprint density at radius 1 is 0.566 bits per heavy atom. The molecule has 0 saturated heterocycles. The summed E-state index contributed by atoms with van der Waals surface area (Å²) in [5.74, 6) is 2.41. The van der Waals surface area contributed by atoms with E-state index in [1.807, 2.05) is 12.3 Å². The van der Waals surface area contributed by atoms with Crippen LogP contribution in [0.1, 0.15) is 79.0 Å². The summed E-state index contributed by atoms with van der Waals surface area (Å²) in [6.45, 7) is 20.4. The predicted molar refractivity (Wildman–Crippen MR) is 218 cm³/mol. The molecule has 0 bridgehead atoms. The first-order valence-electron chi connectivity index (χ1n) is 18.6. The zero-order valence-electron chi connectivity index (χ0n) is 32.3. The number of nitrogens with zero attached hydrogens (tertiary/aromatic N) is 4. The molecule has 3 aromatic heterocycles. The Morgan fingerprint density at radius 2 is 1.21 bits per heavy atom. The van der Waals surface area contributed by atoms with Gasteiger partial charge in [0.05, 0.1) is 33.4 Å². The third kappa shape index (κ3) is 6.18. The van der Waals surface area contributed by atoms with Gasteiger partial charge < -0.3 is 4.74 Å². The van der Waals surface area contributed by atoms with Gasteiger partial charge >= 0.3 is 0 Å². The van der Waals surface area contributed by atoms with Crippen molar-refractivity contribution in [3.63, 3.8) is 0 Å². The Hall–Kier alpha value is -5.68. The lowest BCUT2D eigenvalue weighted by molar-refractivity contribution is -0.574. The first-order valence-corrected chi connectivity index (χ1v) is 18.6. The van der Waals surface area contributed by atoms with Crippen LogP contribution in [0, 0.1) is 6.33 Å². The minimum atomic E-state index is -0.0628. The molecule has 0 aliphatic rings. The number of fused-ring (bicyclic) bond motifs is 4. The first-order chi connectivity index (χ1) is 25.2. The van der Waals surface area contributed by atoms with Gasteiger partial charge in [0, 0.05) is 23.0 Å². The van der Waals surface area contributed by atoms with Gasteiger partial charge in [0.1, 0.15) is 17.3 Å². The van der Waals surface area contributed by atoms with Crippen LogP contribution < -0.4 is 9.30 Å². The first kappa shape index (κ1) is 34.4. The van der Waals surface area contributed by atoms with Gasteiger partial charge in [-0.25, -0.2) is 4.98 Å². The van der Waals surface area contributed by atoms with Crippen molar-refractivity contribution in [3.8, 4) is 28.7 Å². The van der Waals surface area contributed by atoms with Crippen LogP contribution in [0.2, 0.25) is 0 Å². The highest BCUT2D eigenvalue weighted by Gasteiger charge is 2.28. The lowest BCUT2D eigenvalue weighted by Crippen LogP contribution is -2.37. The molecule has 266 valence electrons. The highest BCUT2D eigenvalue weighted by Crippen LogP contribution is 2.38. The second-order valence-electron chi connectivity index (χ2n) is 17.2. The lowest BCUT2D eigenvalue weighted by atomic mass is 9.78. The number of hydrogen-bond donors (Lipinski definition) is 0. The van der Waals surface area contributed by atoms with E-state index in [2.05, 4.69) is 198 Å². The Bertz CT molecular complexity index is 2620. The average Bonchev–Trinajstić information content (AvgIpc) is 3.66. The minimum Gasteiger partial charge on any atom is -0.458 e. The van der Waals surface area contributed by atoms with E-state index >= 15 is 0 Å². The maximum Gasteiger partial charge on any atom is 0.269 e. The normalized spacial score (nSPS) is 12.6. The number of aromatic nitrogens is 4. The van der Waals surface area contributed by atoms with Crippen molar-refractivity contribution in [2.45, 2.75) is 78.6 Å². The topological polar surface area (TPSA) is 35.9 Å². The van der Waals surface area contributed by atoms with Crippen molar-refractivity contribution in [3.05, 3.63) is 151 Å². The van der Waals surface area contributed by atoms with Gasteiger partial charge in [0.2, 0.25) is 0 Å². The summed E-state index contributed by atoms with van der Waals surface area (Å²) in [4.78, 5) is 4.85. The fraction of sp³-hybridized carbons (Fsp3) is 0.250. The molecule has 5 heteroatoms. The summed E-state index contributed by atoms with van der Waals surface area (Å²) in [7, 11) is 0. The molecule has 3 heterocycles. The quantitative estimate of drug-likeness (QED) is 0.133. The third-order valence-electron chi connectivity index (χ3n) is 10.2. The van der Waals surface area contributed by atoms with Gasteiger partial charge in [-0.15, -0.1) is 0 Å². The van der Waals surface area contributed by atoms with E-state index in [0.717, 1.165) is 50.5 Å². The second kappa shape index (κ2) is 12.5. The van der Waals surface area contributed by atoms with E-state index < -0.39 is 0 Å². The Kier molecular flexibility index (Phi) is 8.10. The van der Waals surface area contributed by atoms with Crippen LogP contribution in [0.4, 0.5) is 0 Å². The summed E-state index contributed by atoms with van der Waals surface area (Å²) in [6, 6.07) is 42.8. The largest absolute Gasteiger partial charge is 0.458 e. The van der Waals surface area contributed by atoms with Crippen molar-refractivity contribution in [1.82, 2.24) is 14.1 Å². The van der Waals surface area contributed by atoms with Crippen LogP contribution >= 0.6 is 0 Å². The lowest BCUT2D eigenvalue weighted by Gasteiger charge is -2.30. The Balaban J connectivity index is 1.23. The highest BCUT2D eigenvalue weighted by atomic mass is 16.5. The summed E-state index contributed by atoms with van der Waals surface area (Å²) in [6.07, 6.45) is 5.70. The predicted octanol–water partition coefficient (Wildman–Crippen LogP) is 11.9. The number of pyridine rings is 1. The molecule has 0 radical (unpaired) electrons. The summed E-state index contributed by atoms with van der Waals surface area (Å²) in [5, 5.41) is 2.35. The zero-order chi connectivity index (χ0) is 37.3. The van der Waals surface area contributed by atoms with Crippen molar-refractivity contribution >= 4 is 32.8 Å². The molecule has 5 aromatic carbocycles. The summed E-state index contributed by atoms with van der Waals surface area (Å²) >= 11 is 0. The monoisotopic (exact) mass is 696 g/mol. The SMILES string of the molecule is CC(C)(C)c1ccnc(-n2c3ccccc3c3ccc(Oc4cccc(-n5[c-][n+](-c6c(C(C)(C)C)cccc6C(C)(C)C)c6ccccc65)c4)cc32)c1. The minimum absolute atomic E-state index is 0.00232. The van der Waals surface area contributed by atoms with Crippen LogP contribution in [0.25, 0.3) is 50.0 Å². The number of ether oxygens (including phenoxy) is 1. The molecule has 0 fully saturated rings.